The lowest BCUT2D eigenvalue weighted by Crippen LogP contribution is -2.17. The van der Waals surface area contributed by atoms with Gasteiger partial charge in [0.05, 0.1) is 10.7 Å². The summed E-state index contributed by atoms with van der Waals surface area (Å²) in [6.45, 7) is 1.86. The summed E-state index contributed by atoms with van der Waals surface area (Å²) in [6, 6.07) is 13.0. The molecule has 150 valence electrons. The van der Waals surface area contributed by atoms with E-state index in [-0.39, 0.29) is 21.2 Å². The molecule has 0 bridgehead atoms. The number of carbonyl (C=O) groups is 1. The molecule has 0 atom stereocenters. The van der Waals surface area contributed by atoms with Gasteiger partial charge in [0, 0.05) is 17.3 Å². The lowest BCUT2D eigenvalue weighted by Gasteiger charge is -2.12. The third-order valence-corrected chi connectivity index (χ3v) is 5.83. The van der Waals surface area contributed by atoms with Crippen molar-refractivity contribution >= 4 is 38.9 Å². The molecular weight excluding hydrogens is 422 g/mol. The van der Waals surface area contributed by atoms with Crippen LogP contribution in [0.5, 0.6) is 0 Å². The van der Waals surface area contributed by atoms with Crippen LogP contribution in [0.25, 0.3) is 0 Å². The van der Waals surface area contributed by atoms with E-state index in [9.17, 15) is 22.0 Å². The van der Waals surface area contributed by atoms with Crippen LogP contribution in [0.1, 0.15) is 15.9 Å². The number of aryl methyl sites for hydroxylation is 1. The molecular formula is C20H15ClF2N2O3S. The van der Waals surface area contributed by atoms with Gasteiger partial charge in [-0.2, -0.15) is 0 Å². The standard InChI is InChI=1S/C20H15ClF2N2O3S/c1-12-2-6-15(7-3-12)25-29(27,28)19-10-13(4-8-16(19)21)20(26)24-18-9-5-14(22)11-17(18)23/h2-11,25H,1H3,(H,24,26). The quantitative estimate of drug-likeness (QED) is 0.592. The highest BCUT2D eigenvalue weighted by Gasteiger charge is 2.21. The molecule has 9 heteroatoms. The molecule has 0 spiro atoms. The third-order valence-electron chi connectivity index (χ3n) is 3.97. The SMILES string of the molecule is Cc1ccc(NS(=O)(=O)c2cc(C(=O)Nc3ccc(F)cc3F)ccc2Cl)cc1. The second-order valence-corrected chi connectivity index (χ2v) is 8.25. The number of anilines is 2. The summed E-state index contributed by atoms with van der Waals surface area (Å²) in [4.78, 5) is 12.1. The largest absolute Gasteiger partial charge is 0.319 e. The molecule has 0 fully saturated rings. The Morgan fingerprint density at radius 3 is 2.31 bits per heavy atom. The molecule has 0 aromatic heterocycles. The van der Waals surface area contributed by atoms with Gasteiger partial charge < -0.3 is 5.32 Å². The van der Waals surface area contributed by atoms with E-state index >= 15 is 0 Å². The predicted molar refractivity (Wildman–Crippen MR) is 108 cm³/mol. The van der Waals surface area contributed by atoms with Gasteiger partial charge in [0.15, 0.2) is 0 Å². The molecule has 3 aromatic rings. The zero-order chi connectivity index (χ0) is 21.2. The lowest BCUT2D eigenvalue weighted by atomic mass is 10.2. The van der Waals surface area contributed by atoms with E-state index in [1.807, 2.05) is 6.92 Å². The number of nitrogens with one attached hydrogen (secondary N) is 2. The Balaban J connectivity index is 1.88. The molecule has 2 N–H and O–H groups in total. The van der Waals surface area contributed by atoms with Gasteiger partial charge in [0.25, 0.3) is 15.9 Å². The van der Waals surface area contributed by atoms with Crippen molar-refractivity contribution in [3.8, 4) is 0 Å². The summed E-state index contributed by atoms with van der Waals surface area (Å²) in [5.41, 5.74) is 0.975. The normalized spacial score (nSPS) is 11.2. The van der Waals surface area contributed by atoms with Crippen LogP contribution in [0.4, 0.5) is 20.2 Å². The Bertz CT molecular complexity index is 1180. The minimum atomic E-state index is -4.09. The third kappa shape index (κ3) is 4.90. The number of hydrogen-bond acceptors (Lipinski definition) is 3. The van der Waals surface area contributed by atoms with Crippen LogP contribution in [0.3, 0.4) is 0 Å². The summed E-state index contributed by atoms with van der Waals surface area (Å²) >= 11 is 6.03. The van der Waals surface area contributed by atoms with E-state index in [0.29, 0.717) is 11.8 Å². The van der Waals surface area contributed by atoms with Crippen molar-refractivity contribution in [2.45, 2.75) is 11.8 Å². The van der Waals surface area contributed by atoms with Gasteiger partial charge in [-0.15, -0.1) is 0 Å². The van der Waals surface area contributed by atoms with E-state index in [1.54, 1.807) is 24.3 Å². The highest BCUT2D eigenvalue weighted by Crippen LogP contribution is 2.26. The number of hydrogen-bond donors (Lipinski definition) is 2. The second-order valence-electron chi connectivity index (χ2n) is 6.20. The van der Waals surface area contributed by atoms with Crippen molar-refractivity contribution in [1.29, 1.82) is 0 Å². The molecule has 0 aliphatic heterocycles. The first-order valence-electron chi connectivity index (χ1n) is 8.31. The summed E-state index contributed by atoms with van der Waals surface area (Å²) in [7, 11) is -4.09. The molecule has 5 nitrogen and oxygen atoms in total. The summed E-state index contributed by atoms with van der Waals surface area (Å²) in [6.07, 6.45) is 0. The average molecular weight is 437 g/mol. The molecule has 0 saturated carbocycles. The highest BCUT2D eigenvalue weighted by molar-refractivity contribution is 7.92. The molecule has 0 aliphatic rings. The molecule has 29 heavy (non-hydrogen) atoms. The Morgan fingerprint density at radius 1 is 0.966 bits per heavy atom. The van der Waals surface area contributed by atoms with Crippen molar-refractivity contribution in [2.75, 3.05) is 10.0 Å². The first-order valence-corrected chi connectivity index (χ1v) is 10.2. The smallest absolute Gasteiger partial charge is 0.263 e. The molecule has 0 unspecified atom stereocenters. The van der Waals surface area contributed by atoms with Gasteiger partial charge in [-0.25, -0.2) is 17.2 Å². The highest BCUT2D eigenvalue weighted by atomic mass is 35.5. The van der Waals surface area contributed by atoms with Gasteiger partial charge >= 0.3 is 0 Å². The number of sulfonamides is 1. The van der Waals surface area contributed by atoms with Crippen molar-refractivity contribution in [3.63, 3.8) is 0 Å². The average Bonchev–Trinajstić information content (AvgIpc) is 2.66. The van der Waals surface area contributed by atoms with Crippen LogP contribution in [-0.4, -0.2) is 14.3 Å². The second kappa shape index (κ2) is 8.18. The Labute approximate surface area is 171 Å². The minimum absolute atomic E-state index is 0.0672. The molecule has 0 heterocycles. The van der Waals surface area contributed by atoms with Crippen LogP contribution in [-0.2, 0) is 10.0 Å². The number of benzene rings is 3. The van der Waals surface area contributed by atoms with E-state index in [0.717, 1.165) is 23.8 Å². The van der Waals surface area contributed by atoms with Crippen molar-refractivity contribution in [3.05, 3.63) is 88.4 Å². The van der Waals surface area contributed by atoms with Gasteiger partial charge in [-0.3, -0.25) is 9.52 Å². The molecule has 0 radical (unpaired) electrons. The van der Waals surface area contributed by atoms with E-state index in [2.05, 4.69) is 10.0 Å². The zero-order valence-corrected chi connectivity index (χ0v) is 16.6. The maximum absolute atomic E-state index is 13.7. The molecule has 1 amide bonds. The maximum atomic E-state index is 13.7. The summed E-state index contributed by atoms with van der Waals surface area (Å²) < 4.78 is 54.5. The number of amides is 1. The Morgan fingerprint density at radius 2 is 1.66 bits per heavy atom. The van der Waals surface area contributed by atoms with E-state index in [4.69, 9.17) is 11.6 Å². The Hall–Kier alpha value is -2.97. The fourth-order valence-corrected chi connectivity index (χ4v) is 4.05. The summed E-state index contributed by atoms with van der Waals surface area (Å²) in [5.74, 6) is -2.53. The molecule has 0 aliphatic carbocycles. The number of rotatable bonds is 5. The van der Waals surface area contributed by atoms with E-state index < -0.39 is 27.6 Å². The van der Waals surface area contributed by atoms with Crippen LogP contribution in [0.15, 0.2) is 65.6 Å². The van der Waals surface area contributed by atoms with Crippen molar-refractivity contribution < 1.29 is 22.0 Å². The number of carbonyl (C=O) groups excluding carboxylic acids is 1. The van der Waals surface area contributed by atoms with Gasteiger partial charge in [0.2, 0.25) is 0 Å². The van der Waals surface area contributed by atoms with Gasteiger partial charge in [-0.05, 0) is 49.4 Å². The van der Waals surface area contributed by atoms with Gasteiger partial charge in [0.1, 0.15) is 16.5 Å². The first-order chi connectivity index (χ1) is 13.7. The maximum Gasteiger partial charge on any atom is 0.263 e. The predicted octanol–water partition coefficient (Wildman–Crippen LogP) is 4.98. The van der Waals surface area contributed by atoms with Crippen LogP contribution < -0.4 is 10.0 Å². The van der Waals surface area contributed by atoms with Crippen LogP contribution in [0.2, 0.25) is 5.02 Å². The Kier molecular flexibility index (Phi) is 5.86. The molecule has 0 saturated heterocycles. The molecule has 3 rings (SSSR count). The zero-order valence-electron chi connectivity index (χ0n) is 15.0. The van der Waals surface area contributed by atoms with Gasteiger partial charge in [-0.1, -0.05) is 29.3 Å². The summed E-state index contributed by atoms with van der Waals surface area (Å²) in [5, 5.41) is 2.18. The van der Waals surface area contributed by atoms with E-state index in [1.165, 1.54) is 12.1 Å². The fourth-order valence-electron chi connectivity index (χ4n) is 2.47. The van der Waals surface area contributed by atoms with Crippen LogP contribution in [0, 0.1) is 18.6 Å². The monoisotopic (exact) mass is 436 g/mol. The fraction of sp³-hybridized carbons (Fsp3) is 0.0500. The van der Waals surface area contributed by atoms with Crippen molar-refractivity contribution in [1.82, 2.24) is 0 Å². The minimum Gasteiger partial charge on any atom is -0.319 e. The molecule has 3 aromatic carbocycles. The topological polar surface area (TPSA) is 75.3 Å². The van der Waals surface area contributed by atoms with Crippen molar-refractivity contribution in [2.24, 2.45) is 0 Å². The first kappa shape index (κ1) is 20.8. The van der Waals surface area contributed by atoms with Crippen LogP contribution >= 0.6 is 11.6 Å². The lowest BCUT2D eigenvalue weighted by molar-refractivity contribution is 0.102. The number of halogens is 3.